The number of aryl methyl sites for hydroxylation is 1. The van der Waals surface area contributed by atoms with E-state index in [9.17, 15) is 0 Å². The second-order valence-electron chi connectivity index (χ2n) is 2.48. The van der Waals surface area contributed by atoms with Crippen molar-refractivity contribution in [1.82, 2.24) is 18.9 Å². The van der Waals surface area contributed by atoms with Gasteiger partial charge in [0, 0.05) is 17.3 Å². The summed E-state index contributed by atoms with van der Waals surface area (Å²) in [5.41, 5.74) is 6.48. The lowest BCUT2D eigenvalue weighted by Gasteiger charge is -1.92. The van der Waals surface area contributed by atoms with Crippen LogP contribution in [0.5, 0.6) is 0 Å². The molecule has 0 saturated carbocycles. The molecule has 0 aliphatic heterocycles. The predicted molar refractivity (Wildman–Crippen MR) is 58.5 cm³/mol. The Morgan fingerprint density at radius 1 is 1.43 bits per heavy atom. The quantitative estimate of drug-likeness (QED) is 0.827. The molecule has 2 aromatic heterocycles. The van der Waals surface area contributed by atoms with Crippen molar-refractivity contribution < 1.29 is 0 Å². The fraction of sp³-hybridized carbons (Fsp3) is 0.333. The van der Waals surface area contributed by atoms with Crippen LogP contribution in [0, 0.1) is 6.92 Å². The number of anilines is 1. The third kappa shape index (κ3) is 2.20. The lowest BCUT2D eigenvalue weighted by Crippen LogP contribution is -1.88. The number of thioether (sulfide) groups is 1. The van der Waals surface area contributed by atoms with E-state index in [1.54, 1.807) is 11.8 Å². The molecule has 74 valence electrons. The van der Waals surface area contributed by atoms with Crippen LogP contribution in [0.15, 0.2) is 4.34 Å². The number of aromatic nitrogens is 4. The second-order valence-corrected chi connectivity index (χ2v) is 5.24. The molecule has 0 fully saturated rings. The molecule has 2 N–H and O–H groups in total. The molecule has 0 unspecified atom stereocenters. The summed E-state index contributed by atoms with van der Waals surface area (Å²) < 4.78 is 8.78. The lowest BCUT2D eigenvalue weighted by atomic mass is 10.5. The highest BCUT2D eigenvalue weighted by atomic mass is 32.2. The van der Waals surface area contributed by atoms with Crippen LogP contribution in [0.3, 0.4) is 0 Å². The van der Waals surface area contributed by atoms with Crippen LogP contribution in [0.25, 0.3) is 0 Å². The summed E-state index contributed by atoms with van der Waals surface area (Å²) in [4.78, 5) is 4.22. The van der Waals surface area contributed by atoms with Gasteiger partial charge >= 0.3 is 0 Å². The van der Waals surface area contributed by atoms with E-state index >= 15 is 0 Å². The smallest absolute Gasteiger partial charge is 0.170 e. The van der Waals surface area contributed by atoms with E-state index in [0.29, 0.717) is 10.8 Å². The van der Waals surface area contributed by atoms with Crippen LogP contribution < -0.4 is 5.73 Å². The van der Waals surface area contributed by atoms with E-state index in [0.717, 1.165) is 15.9 Å². The van der Waals surface area contributed by atoms with E-state index < -0.39 is 0 Å². The van der Waals surface area contributed by atoms with Gasteiger partial charge in [-0.2, -0.15) is 4.37 Å². The Bertz CT molecular complexity index is 423. The second kappa shape index (κ2) is 4.20. The molecule has 0 aromatic carbocycles. The topological polar surface area (TPSA) is 77.6 Å². The number of hydrogen-bond donors (Lipinski definition) is 1. The number of hydrogen-bond acceptors (Lipinski definition) is 8. The van der Waals surface area contributed by atoms with Crippen molar-refractivity contribution in [3.8, 4) is 0 Å². The van der Waals surface area contributed by atoms with Gasteiger partial charge in [-0.1, -0.05) is 16.3 Å². The minimum absolute atomic E-state index is 0.679. The zero-order valence-corrected chi connectivity index (χ0v) is 9.75. The molecule has 0 aliphatic carbocycles. The molecule has 2 rings (SSSR count). The maximum atomic E-state index is 5.66. The normalized spacial score (nSPS) is 10.6. The van der Waals surface area contributed by atoms with Crippen molar-refractivity contribution in [3.63, 3.8) is 0 Å². The Kier molecular flexibility index (Phi) is 2.94. The molecular formula is C6H7N5S3. The third-order valence-electron chi connectivity index (χ3n) is 1.43. The number of nitrogens with two attached hydrogens (primary N) is 1. The average Bonchev–Trinajstić information content (AvgIpc) is 2.72. The van der Waals surface area contributed by atoms with Crippen molar-refractivity contribution in [2.45, 2.75) is 17.0 Å². The van der Waals surface area contributed by atoms with E-state index in [1.807, 2.05) is 6.92 Å². The summed E-state index contributed by atoms with van der Waals surface area (Å²) in [6.07, 6.45) is 0. The van der Waals surface area contributed by atoms with Crippen LogP contribution in [-0.4, -0.2) is 18.9 Å². The summed E-state index contributed by atoms with van der Waals surface area (Å²) in [7, 11) is 0. The maximum absolute atomic E-state index is 5.66. The van der Waals surface area contributed by atoms with Gasteiger partial charge < -0.3 is 5.73 Å². The van der Waals surface area contributed by atoms with E-state index in [1.165, 1.54) is 23.1 Å². The molecule has 5 nitrogen and oxygen atoms in total. The van der Waals surface area contributed by atoms with Gasteiger partial charge in [-0.05, 0) is 18.5 Å². The SMILES string of the molecule is Cc1nsc(SCc2nnsc2N)n1. The fourth-order valence-electron chi connectivity index (χ4n) is 0.782. The Balaban J connectivity index is 1.98. The first kappa shape index (κ1) is 9.81. The standard InChI is InChI=1S/C6H7N5S3/c1-3-8-6(14-10-3)12-2-4-5(7)13-11-9-4/h2,7H2,1H3. The van der Waals surface area contributed by atoms with Gasteiger partial charge in [0.05, 0.1) is 0 Å². The van der Waals surface area contributed by atoms with Crippen LogP contribution >= 0.6 is 34.8 Å². The summed E-state index contributed by atoms with van der Waals surface area (Å²) in [5, 5.41) is 4.60. The first-order valence-corrected chi connectivity index (χ1v) is 6.29. The summed E-state index contributed by atoms with van der Waals surface area (Å²) in [6.45, 7) is 1.87. The highest BCUT2D eigenvalue weighted by Crippen LogP contribution is 2.26. The van der Waals surface area contributed by atoms with Gasteiger partial charge in [0.25, 0.3) is 0 Å². The van der Waals surface area contributed by atoms with Crippen molar-refractivity contribution in [1.29, 1.82) is 0 Å². The zero-order valence-electron chi connectivity index (χ0n) is 7.30. The Morgan fingerprint density at radius 2 is 2.29 bits per heavy atom. The molecule has 0 atom stereocenters. The molecule has 0 aliphatic rings. The van der Waals surface area contributed by atoms with Crippen molar-refractivity contribution in [2.24, 2.45) is 0 Å². The highest BCUT2D eigenvalue weighted by molar-refractivity contribution is 8.00. The van der Waals surface area contributed by atoms with Crippen LogP contribution in [0.2, 0.25) is 0 Å². The first-order valence-electron chi connectivity index (χ1n) is 3.75. The molecule has 2 aromatic rings. The molecule has 0 radical (unpaired) electrons. The average molecular weight is 245 g/mol. The lowest BCUT2D eigenvalue weighted by molar-refractivity contribution is 1.07. The molecule has 2 heterocycles. The Labute approximate surface area is 93.1 Å². The fourth-order valence-corrected chi connectivity index (χ4v) is 2.91. The van der Waals surface area contributed by atoms with Crippen LogP contribution in [0.4, 0.5) is 5.00 Å². The molecule has 0 saturated heterocycles. The van der Waals surface area contributed by atoms with Crippen molar-refractivity contribution in [3.05, 3.63) is 11.5 Å². The highest BCUT2D eigenvalue weighted by Gasteiger charge is 2.07. The predicted octanol–water partition coefficient (Wildman–Crippen LogP) is 1.57. The summed E-state index contributed by atoms with van der Waals surface area (Å²) >= 11 is 4.19. The number of rotatable bonds is 3. The number of nitrogen functional groups attached to an aromatic ring is 1. The minimum Gasteiger partial charge on any atom is -0.388 e. The largest absolute Gasteiger partial charge is 0.388 e. The molecule has 0 spiro atoms. The molecule has 8 heteroatoms. The van der Waals surface area contributed by atoms with Crippen molar-refractivity contribution in [2.75, 3.05) is 5.73 Å². The zero-order chi connectivity index (χ0) is 9.97. The molecule has 0 bridgehead atoms. The minimum atomic E-state index is 0.679. The first-order chi connectivity index (χ1) is 6.75. The van der Waals surface area contributed by atoms with E-state index in [2.05, 4.69) is 18.9 Å². The van der Waals surface area contributed by atoms with Crippen molar-refractivity contribution >= 4 is 39.8 Å². The van der Waals surface area contributed by atoms with Gasteiger partial charge in [-0.15, -0.1) is 5.10 Å². The molecular weight excluding hydrogens is 238 g/mol. The van der Waals surface area contributed by atoms with Crippen LogP contribution in [-0.2, 0) is 5.75 Å². The Hall–Kier alpha value is -0.730. The van der Waals surface area contributed by atoms with Gasteiger partial charge in [-0.25, -0.2) is 4.98 Å². The van der Waals surface area contributed by atoms with Gasteiger partial charge in [0.2, 0.25) is 0 Å². The van der Waals surface area contributed by atoms with Crippen LogP contribution in [0.1, 0.15) is 11.5 Å². The van der Waals surface area contributed by atoms with Gasteiger partial charge in [0.15, 0.2) is 4.34 Å². The monoisotopic (exact) mass is 245 g/mol. The third-order valence-corrected chi connectivity index (χ3v) is 3.96. The molecule has 0 amide bonds. The Morgan fingerprint density at radius 3 is 2.86 bits per heavy atom. The maximum Gasteiger partial charge on any atom is 0.170 e. The van der Waals surface area contributed by atoms with E-state index in [-0.39, 0.29) is 0 Å². The molecule has 14 heavy (non-hydrogen) atoms. The summed E-state index contributed by atoms with van der Waals surface area (Å²) in [6, 6.07) is 0. The van der Waals surface area contributed by atoms with Gasteiger partial charge in [0.1, 0.15) is 16.5 Å². The van der Waals surface area contributed by atoms with Gasteiger partial charge in [-0.3, -0.25) is 0 Å². The summed E-state index contributed by atoms with van der Waals surface area (Å²) in [5.74, 6) is 1.51. The van der Waals surface area contributed by atoms with E-state index in [4.69, 9.17) is 5.73 Å². The number of nitrogens with zero attached hydrogens (tertiary/aromatic N) is 4.